The summed E-state index contributed by atoms with van der Waals surface area (Å²) >= 11 is 0. The zero-order chi connectivity index (χ0) is 9.23. The van der Waals surface area contributed by atoms with Crippen LogP contribution in [0.2, 0.25) is 0 Å². The summed E-state index contributed by atoms with van der Waals surface area (Å²) in [5.74, 6) is 0.900. The highest BCUT2D eigenvalue weighted by Crippen LogP contribution is 2.16. The molecule has 0 radical (unpaired) electrons. The van der Waals surface area contributed by atoms with Crippen molar-refractivity contribution in [1.29, 1.82) is 0 Å². The number of ether oxygens (including phenoxy) is 1. The fourth-order valence-corrected chi connectivity index (χ4v) is 1.44. The van der Waals surface area contributed by atoms with Crippen LogP contribution in [0.15, 0.2) is 0 Å². The van der Waals surface area contributed by atoms with Gasteiger partial charge in [-0.3, -0.25) is 0 Å². The number of rotatable bonds is 8. The molecule has 1 nitrogen and oxygen atoms in total. The first-order valence-corrected chi connectivity index (χ1v) is 5.42. The van der Waals surface area contributed by atoms with E-state index in [4.69, 9.17) is 4.74 Å². The van der Waals surface area contributed by atoms with E-state index in [1.54, 1.807) is 0 Å². The molecule has 0 aliphatic carbocycles. The van der Waals surface area contributed by atoms with Crippen molar-refractivity contribution in [2.75, 3.05) is 13.2 Å². The van der Waals surface area contributed by atoms with Gasteiger partial charge in [0, 0.05) is 13.2 Å². The average Bonchev–Trinajstić information content (AvgIpc) is 2.11. The fourth-order valence-electron chi connectivity index (χ4n) is 1.44. The van der Waals surface area contributed by atoms with Gasteiger partial charge >= 0.3 is 0 Å². The molecule has 0 heterocycles. The second-order valence-corrected chi connectivity index (χ2v) is 3.40. The lowest BCUT2D eigenvalue weighted by Crippen LogP contribution is -2.04. The van der Waals surface area contributed by atoms with Gasteiger partial charge in [-0.2, -0.15) is 0 Å². The first kappa shape index (κ1) is 12.0. The topological polar surface area (TPSA) is 9.23 Å². The Labute approximate surface area is 77.5 Å². The van der Waals surface area contributed by atoms with E-state index in [1.165, 1.54) is 32.1 Å². The highest BCUT2D eigenvalue weighted by Gasteiger charge is 2.04. The van der Waals surface area contributed by atoms with Gasteiger partial charge in [-0.25, -0.2) is 0 Å². The average molecular weight is 172 g/mol. The van der Waals surface area contributed by atoms with Crippen LogP contribution >= 0.6 is 0 Å². The lowest BCUT2D eigenvalue weighted by Gasteiger charge is -2.13. The molecular weight excluding hydrogens is 148 g/mol. The van der Waals surface area contributed by atoms with Crippen molar-refractivity contribution in [3.8, 4) is 0 Å². The summed E-state index contributed by atoms with van der Waals surface area (Å²) in [7, 11) is 0. The number of unbranched alkanes of at least 4 members (excludes halogenated alkanes) is 1. The van der Waals surface area contributed by atoms with Crippen LogP contribution < -0.4 is 0 Å². The third-order valence-corrected chi connectivity index (χ3v) is 2.42. The minimum Gasteiger partial charge on any atom is -0.382 e. The lowest BCUT2D eigenvalue weighted by atomic mass is 9.96. The Morgan fingerprint density at radius 1 is 1.08 bits per heavy atom. The normalized spacial score (nSPS) is 13.2. The summed E-state index contributed by atoms with van der Waals surface area (Å²) in [6.45, 7) is 8.43. The van der Waals surface area contributed by atoms with E-state index >= 15 is 0 Å². The van der Waals surface area contributed by atoms with Gasteiger partial charge in [-0.1, -0.05) is 39.5 Å². The van der Waals surface area contributed by atoms with Crippen molar-refractivity contribution in [1.82, 2.24) is 0 Å². The fraction of sp³-hybridized carbons (Fsp3) is 1.00. The summed E-state index contributed by atoms with van der Waals surface area (Å²) in [5.41, 5.74) is 0. The van der Waals surface area contributed by atoms with E-state index in [0.29, 0.717) is 0 Å². The quantitative estimate of drug-likeness (QED) is 0.508. The van der Waals surface area contributed by atoms with E-state index in [1.807, 2.05) is 0 Å². The summed E-state index contributed by atoms with van der Waals surface area (Å²) in [6, 6.07) is 0. The Balaban J connectivity index is 3.26. The Kier molecular flexibility index (Phi) is 9.02. The van der Waals surface area contributed by atoms with Crippen molar-refractivity contribution in [3.63, 3.8) is 0 Å². The molecule has 1 heteroatoms. The zero-order valence-electron chi connectivity index (χ0n) is 8.94. The molecule has 0 aliphatic heterocycles. The zero-order valence-corrected chi connectivity index (χ0v) is 8.94. The Morgan fingerprint density at radius 3 is 2.33 bits per heavy atom. The van der Waals surface area contributed by atoms with Crippen LogP contribution in [-0.4, -0.2) is 13.2 Å². The first-order chi connectivity index (χ1) is 5.85. The first-order valence-electron chi connectivity index (χ1n) is 5.42. The van der Waals surface area contributed by atoms with Crippen LogP contribution in [0, 0.1) is 5.92 Å². The molecule has 1 atom stereocenters. The van der Waals surface area contributed by atoms with E-state index in [0.717, 1.165) is 19.1 Å². The Morgan fingerprint density at radius 2 is 1.83 bits per heavy atom. The molecule has 0 N–H and O–H groups in total. The van der Waals surface area contributed by atoms with Gasteiger partial charge in [0.2, 0.25) is 0 Å². The maximum atomic E-state index is 5.35. The van der Waals surface area contributed by atoms with Crippen LogP contribution in [0.5, 0.6) is 0 Å². The van der Waals surface area contributed by atoms with E-state index in [9.17, 15) is 0 Å². The van der Waals surface area contributed by atoms with Crippen LogP contribution in [0.3, 0.4) is 0 Å². The summed E-state index contributed by atoms with van der Waals surface area (Å²) < 4.78 is 5.35. The minimum atomic E-state index is 0.865. The van der Waals surface area contributed by atoms with E-state index < -0.39 is 0 Å². The molecule has 0 amide bonds. The van der Waals surface area contributed by atoms with Crippen molar-refractivity contribution in [2.24, 2.45) is 5.92 Å². The summed E-state index contributed by atoms with van der Waals surface area (Å²) in [6.07, 6.45) is 6.66. The maximum Gasteiger partial charge on any atom is 0.0468 e. The van der Waals surface area contributed by atoms with Gasteiger partial charge in [0.1, 0.15) is 0 Å². The highest BCUT2D eigenvalue weighted by molar-refractivity contribution is 4.56. The van der Waals surface area contributed by atoms with E-state index in [-0.39, 0.29) is 0 Å². The molecule has 0 saturated heterocycles. The van der Waals surface area contributed by atoms with Gasteiger partial charge in [0.15, 0.2) is 0 Å². The second kappa shape index (κ2) is 9.05. The van der Waals surface area contributed by atoms with E-state index in [2.05, 4.69) is 20.8 Å². The van der Waals surface area contributed by atoms with Crippen molar-refractivity contribution in [2.45, 2.75) is 52.9 Å². The number of hydrogen-bond donors (Lipinski definition) is 0. The molecule has 12 heavy (non-hydrogen) atoms. The van der Waals surface area contributed by atoms with Crippen LogP contribution in [0.4, 0.5) is 0 Å². The predicted molar refractivity (Wildman–Crippen MR) is 54.4 cm³/mol. The molecule has 0 aromatic carbocycles. The molecule has 0 saturated carbocycles. The highest BCUT2D eigenvalue weighted by atomic mass is 16.5. The van der Waals surface area contributed by atoms with Crippen LogP contribution in [0.25, 0.3) is 0 Å². The third kappa shape index (κ3) is 6.66. The SMILES string of the molecule is CCCCC(CC)CCOCC. The summed E-state index contributed by atoms with van der Waals surface area (Å²) in [4.78, 5) is 0. The second-order valence-electron chi connectivity index (χ2n) is 3.40. The Bertz CT molecular complexity index is 81.1. The molecule has 0 aromatic heterocycles. The van der Waals surface area contributed by atoms with Crippen LogP contribution in [-0.2, 0) is 4.74 Å². The Hall–Kier alpha value is -0.0400. The van der Waals surface area contributed by atoms with Crippen molar-refractivity contribution in [3.05, 3.63) is 0 Å². The van der Waals surface area contributed by atoms with Crippen molar-refractivity contribution < 1.29 is 4.74 Å². The third-order valence-electron chi connectivity index (χ3n) is 2.42. The van der Waals surface area contributed by atoms with Gasteiger partial charge in [-0.05, 0) is 19.3 Å². The molecule has 1 unspecified atom stereocenters. The van der Waals surface area contributed by atoms with Crippen LogP contribution in [0.1, 0.15) is 52.9 Å². The molecule has 0 aromatic rings. The lowest BCUT2D eigenvalue weighted by molar-refractivity contribution is 0.129. The molecule has 0 fully saturated rings. The maximum absolute atomic E-state index is 5.35. The van der Waals surface area contributed by atoms with Gasteiger partial charge in [0.25, 0.3) is 0 Å². The monoisotopic (exact) mass is 172 g/mol. The largest absolute Gasteiger partial charge is 0.382 e. The minimum absolute atomic E-state index is 0.865. The molecule has 0 bridgehead atoms. The van der Waals surface area contributed by atoms with Gasteiger partial charge in [0.05, 0.1) is 0 Å². The summed E-state index contributed by atoms with van der Waals surface area (Å²) in [5, 5.41) is 0. The molecule has 0 rings (SSSR count). The predicted octanol–water partition coefficient (Wildman–Crippen LogP) is 3.63. The molecule has 0 spiro atoms. The number of hydrogen-bond acceptors (Lipinski definition) is 1. The van der Waals surface area contributed by atoms with Gasteiger partial charge in [-0.15, -0.1) is 0 Å². The van der Waals surface area contributed by atoms with Gasteiger partial charge < -0.3 is 4.74 Å². The standard InChI is InChI=1S/C11H24O/c1-4-7-8-11(5-2)9-10-12-6-3/h11H,4-10H2,1-3H3. The molecule has 0 aliphatic rings. The molecular formula is C11H24O. The van der Waals surface area contributed by atoms with Crippen molar-refractivity contribution >= 4 is 0 Å². The smallest absolute Gasteiger partial charge is 0.0468 e. The molecule has 74 valence electrons.